The monoisotopic (exact) mass is 358 g/mol. The molecule has 1 unspecified atom stereocenters. The first kappa shape index (κ1) is 16.8. The van der Waals surface area contributed by atoms with Gasteiger partial charge in [0.25, 0.3) is 5.91 Å². The fourth-order valence-electron chi connectivity index (χ4n) is 2.80. The molecular formula is C21H18N4O2. The van der Waals surface area contributed by atoms with Gasteiger partial charge in [0.05, 0.1) is 6.04 Å². The third-order valence-electron chi connectivity index (χ3n) is 4.17. The Morgan fingerprint density at radius 3 is 2.41 bits per heavy atom. The van der Waals surface area contributed by atoms with Crippen LogP contribution < -0.4 is 10.1 Å². The first-order valence-corrected chi connectivity index (χ1v) is 8.64. The lowest BCUT2D eigenvalue weighted by molar-refractivity contribution is 0.0938. The Labute approximate surface area is 156 Å². The molecule has 1 amide bonds. The minimum atomic E-state index is -0.282. The van der Waals surface area contributed by atoms with Crippen molar-refractivity contribution in [1.82, 2.24) is 19.9 Å². The summed E-state index contributed by atoms with van der Waals surface area (Å²) in [6.07, 6.45) is 1.88. The van der Waals surface area contributed by atoms with Crippen LogP contribution in [0.3, 0.4) is 0 Å². The second kappa shape index (κ2) is 7.29. The average molecular weight is 358 g/mol. The number of aromatic nitrogens is 3. The number of nitrogens with one attached hydrogen (secondary N) is 1. The van der Waals surface area contributed by atoms with E-state index in [-0.39, 0.29) is 11.9 Å². The summed E-state index contributed by atoms with van der Waals surface area (Å²) in [5.41, 5.74) is 1.30. The zero-order chi connectivity index (χ0) is 18.6. The Bertz CT molecular complexity index is 1060. The zero-order valence-electron chi connectivity index (χ0n) is 14.7. The van der Waals surface area contributed by atoms with Crippen molar-refractivity contribution in [1.29, 1.82) is 0 Å². The van der Waals surface area contributed by atoms with Gasteiger partial charge in [-0.1, -0.05) is 24.3 Å². The summed E-state index contributed by atoms with van der Waals surface area (Å²) in [5.74, 6) is 1.93. The van der Waals surface area contributed by atoms with E-state index in [4.69, 9.17) is 4.74 Å². The van der Waals surface area contributed by atoms with Gasteiger partial charge in [-0.05, 0) is 55.5 Å². The fraction of sp³-hybridized carbons (Fsp3) is 0.0952. The van der Waals surface area contributed by atoms with Gasteiger partial charge in [-0.3, -0.25) is 9.20 Å². The SMILES string of the molecule is CC(NC(=O)c1ccc(Oc2ccccc2)cc1)c1nnc2ccccn12. The summed E-state index contributed by atoms with van der Waals surface area (Å²) in [7, 11) is 0. The van der Waals surface area contributed by atoms with Crippen molar-refractivity contribution < 1.29 is 9.53 Å². The molecule has 0 aliphatic heterocycles. The number of carbonyl (C=O) groups is 1. The predicted molar refractivity (Wildman–Crippen MR) is 102 cm³/mol. The van der Waals surface area contributed by atoms with Crippen LogP contribution in [0, 0.1) is 0 Å². The molecule has 4 rings (SSSR count). The Balaban J connectivity index is 1.45. The number of hydrogen-bond acceptors (Lipinski definition) is 4. The van der Waals surface area contributed by atoms with Crippen LogP contribution in [-0.2, 0) is 0 Å². The summed E-state index contributed by atoms with van der Waals surface area (Å²) in [4.78, 5) is 12.5. The topological polar surface area (TPSA) is 68.5 Å². The van der Waals surface area contributed by atoms with Crippen molar-refractivity contribution >= 4 is 11.6 Å². The van der Waals surface area contributed by atoms with Crippen molar-refractivity contribution in [3.05, 3.63) is 90.4 Å². The minimum Gasteiger partial charge on any atom is -0.457 e. The summed E-state index contributed by atoms with van der Waals surface area (Å²) < 4.78 is 7.61. The van der Waals surface area contributed by atoms with E-state index in [9.17, 15) is 4.79 Å². The van der Waals surface area contributed by atoms with Gasteiger partial charge in [0.1, 0.15) is 11.5 Å². The molecule has 1 atom stereocenters. The lowest BCUT2D eigenvalue weighted by Crippen LogP contribution is -2.27. The van der Waals surface area contributed by atoms with Gasteiger partial charge in [-0.25, -0.2) is 0 Å². The second-order valence-corrected chi connectivity index (χ2v) is 6.12. The molecule has 0 fully saturated rings. The molecule has 6 heteroatoms. The van der Waals surface area contributed by atoms with Crippen LogP contribution in [0.4, 0.5) is 0 Å². The second-order valence-electron chi connectivity index (χ2n) is 6.12. The number of para-hydroxylation sites is 1. The highest BCUT2D eigenvalue weighted by atomic mass is 16.5. The van der Waals surface area contributed by atoms with E-state index in [0.717, 1.165) is 11.4 Å². The lowest BCUT2D eigenvalue weighted by Gasteiger charge is -2.13. The highest BCUT2D eigenvalue weighted by Gasteiger charge is 2.16. The molecule has 2 aromatic heterocycles. The summed E-state index contributed by atoms with van der Waals surface area (Å²) >= 11 is 0. The van der Waals surface area contributed by atoms with E-state index in [1.807, 2.05) is 66.1 Å². The van der Waals surface area contributed by atoms with Crippen LogP contribution in [0.1, 0.15) is 29.1 Å². The normalized spacial score (nSPS) is 11.9. The number of pyridine rings is 1. The van der Waals surface area contributed by atoms with E-state index >= 15 is 0 Å². The Hall–Kier alpha value is -3.67. The van der Waals surface area contributed by atoms with Crippen LogP contribution >= 0.6 is 0 Å². The molecule has 2 heterocycles. The van der Waals surface area contributed by atoms with Crippen LogP contribution in [0.25, 0.3) is 5.65 Å². The van der Waals surface area contributed by atoms with Crippen molar-refractivity contribution in [3.63, 3.8) is 0 Å². The number of hydrogen-bond donors (Lipinski definition) is 1. The average Bonchev–Trinajstić information content (AvgIpc) is 3.13. The number of rotatable bonds is 5. The third-order valence-corrected chi connectivity index (χ3v) is 4.17. The first-order valence-electron chi connectivity index (χ1n) is 8.64. The molecule has 0 radical (unpaired) electrons. The molecule has 27 heavy (non-hydrogen) atoms. The molecule has 0 spiro atoms. The standard InChI is InChI=1S/C21H18N4O2/c1-15(20-24-23-19-9-5-6-14-25(19)20)22-21(26)16-10-12-18(13-11-16)27-17-7-3-2-4-8-17/h2-15H,1H3,(H,22,26). The van der Waals surface area contributed by atoms with E-state index < -0.39 is 0 Å². The first-order chi connectivity index (χ1) is 13.2. The molecule has 134 valence electrons. The lowest BCUT2D eigenvalue weighted by atomic mass is 10.2. The smallest absolute Gasteiger partial charge is 0.251 e. The molecule has 0 aliphatic rings. The van der Waals surface area contributed by atoms with Crippen LogP contribution in [-0.4, -0.2) is 20.5 Å². The van der Waals surface area contributed by atoms with E-state index in [1.165, 1.54) is 0 Å². The predicted octanol–water partition coefficient (Wildman–Crippen LogP) is 4.01. The van der Waals surface area contributed by atoms with Gasteiger partial charge < -0.3 is 10.1 Å². The number of nitrogens with zero attached hydrogens (tertiary/aromatic N) is 3. The highest BCUT2D eigenvalue weighted by molar-refractivity contribution is 5.94. The minimum absolute atomic E-state index is 0.179. The van der Waals surface area contributed by atoms with Crippen LogP contribution in [0.15, 0.2) is 79.0 Å². The van der Waals surface area contributed by atoms with Crippen molar-refractivity contribution in [2.24, 2.45) is 0 Å². The molecule has 6 nitrogen and oxygen atoms in total. The number of ether oxygens (including phenoxy) is 1. The van der Waals surface area contributed by atoms with Gasteiger partial charge in [0.2, 0.25) is 0 Å². The Morgan fingerprint density at radius 2 is 1.63 bits per heavy atom. The number of benzene rings is 2. The number of amides is 1. The number of carbonyl (C=O) groups excluding carboxylic acids is 1. The van der Waals surface area contributed by atoms with Gasteiger partial charge >= 0.3 is 0 Å². The Kier molecular flexibility index (Phi) is 4.53. The maximum Gasteiger partial charge on any atom is 0.251 e. The van der Waals surface area contributed by atoms with Gasteiger partial charge in [0.15, 0.2) is 11.5 Å². The zero-order valence-corrected chi connectivity index (χ0v) is 14.7. The van der Waals surface area contributed by atoms with Gasteiger partial charge in [0, 0.05) is 11.8 Å². The highest BCUT2D eigenvalue weighted by Crippen LogP contribution is 2.21. The third kappa shape index (κ3) is 3.64. The van der Waals surface area contributed by atoms with Crippen molar-refractivity contribution in [2.75, 3.05) is 0 Å². The number of fused-ring (bicyclic) bond motifs is 1. The molecule has 0 bridgehead atoms. The largest absolute Gasteiger partial charge is 0.457 e. The molecule has 0 saturated heterocycles. The molecular weight excluding hydrogens is 340 g/mol. The molecule has 2 aromatic carbocycles. The van der Waals surface area contributed by atoms with Crippen LogP contribution in [0.2, 0.25) is 0 Å². The molecule has 1 N–H and O–H groups in total. The van der Waals surface area contributed by atoms with Gasteiger partial charge in [-0.15, -0.1) is 10.2 Å². The summed E-state index contributed by atoms with van der Waals surface area (Å²) in [5, 5.41) is 11.3. The van der Waals surface area contributed by atoms with Crippen molar-refractivity contribution in [3.8, 4) is 11.5 Å². The molecule has 0 aliphatic carbocycles. The van der Waals surface area contributed by atoms with E-state index in [0.29, 0.717) is 17.1 Å². The summed E-state index contributed by atoms with van der Waals surface area (Å²) in [6.45, 7) is 1.88. The van der Waals surface area contributed by atoms with Crippen LogP contribution in [0.5, 0.6) is 11.5 Å². The maximum absolute atomic E-state index is 12.5. The molecule has 0 saturated carbocycles. The van der Waals surface area contributed by atoms with Crippen molar-refractivity contribution in [2.45, 2.75) is 13.0 Å². The maximum atomic E-state index is 12.5. The van der Waals surface area contributed by atoms with Gasteiger partial charge in [-0.2, -0.15) is 0 Å². The fourth-order valence-corrected chi connectivity index (χ4v) is 2.80. The molecule has 4 aromatic rings. The Morgan fingerprint density at radius 1 is 0.926 bits per heavy atom. The quantitative estimate of drug-likeness (QED) is 0.585. The van der Waals surface area contributed by atoms with E-state index in [2.05, 4.69) is 15.5 Å². The summed E-state index contributed by atoms with van der Waals surface area (Å²) in [6, 6.07) is 21.9. The van der Waals surface area contributed by atoms with E-state index in [1.54, 1.807) is 24.3 Å².